The normalized spacial score (nSPS) is 39.5. The lowest BCUT2D eigenvalue weighted by atomic mass is 9.95. The average Bonchev–Trinajstić information content (AvgIpc) is 3.19. The first-order valence-electron chi connectivity index (χ1n) is 7.85. The van der Waals surface area contributed by atoms with E-state index in [1.165, 1.54) is 58.2 Å². The summed E-state index contributed by atoms with van der Waals surface area (Å²) in [6.45, 7) is 8.23. The molecule has 0 aromatic heterocycles. The highest BCUT2D eigenvalue weighted by molar-refractivity contribution is 5.01. The first-order chi connectivity index (χ1) is 8.76. The fourth-order valence-electron chi connectivity index (χ4n) is 3.67. The van der Waals surface area contributed by atoms with Gasteiger partial charge in [0.15, 0.2) is 0 Å². The van der Waals surface area contributed by atoms with Gasteiger partial charge in [-0.2, -0.15) is 0 Å². The zero-order chi connectivity index (χ0) is 12.4. The number of ether oxygens (including phenoxy) is 1. The van der Waals surface area contributed by atoms with Gasteiger partial charge in [-0.05, 0) is 64.5 Å². The molecule has 104 valence electrons. The van der Waals surface area contributed by atoms with Gasteiger partial charge in [-0.25, -0.2) is 0 Å². The van der Waals surface area contributed by atoms with Gasteiger partial charge in [0.25, 0.3) is 0 Å². The SMILES string of the molecule is CC1(C2CC2)CN(CC2CCCCO2)CCCN1. The van der Waals surface area contributed by atoms with Crippen LogP contribution in [0.2, 0.25) is 0 Å². The molecule has 2 aliphatic heterocycles. The summed E-state index contributed by atoms with van der Waals surface area (Å²) < 4.78 is 5.90. The van der Waals surface area contributed by atoms with Crippen LogP contribution in [0.4, 0.5) is 0 Å². The summed E-state index contributed by atoms with van der Waals surface area (Å²) in [4.78, 5) is 2.66. The van der Waals surface area contributed by atoms with Gasteiger partial charge in [0.2, 0.25) is 0 Å². The highest BCUT2D eigenvalue weighted by Gasteiger charge is 2.43. The monoisotopic (exact) mass is 252 g/mol. The summed E-state index contributed by atoms with van der Waals surface area (Å²) in [6.07, 6.45) is 8.53. The van der Waals surface area contributed by atoms with Crippen LogP contribution in [0.25, 0.3) is 0 Å². The molecule has 18 heavy (non-hydrogen) atoms. The fourth-order valence-corrected chi connectivity index (χ4v) is 3.67. The van der Waals surface area contributed by atoms with Crippen molar-refractivity contribution in [3.63, 3.8) is 0 Å². The van der Waals surface area contributed by atoms with Gasteiger partial charge in [-0.15, -0.1) is 0 Å². The molecule has 3 fully saturated rings. The minimum atomic E-state index is 0.366. The highest BCUT2D eigenvalue weighted by atomic mass is 16.5. The third kappa shape index (κ3) is 3.06. The van der Waals surface area contributed by atoms with Crippen molar-refractivity contribution >= 4 is 0 Å². The van der Waals surface area contributed by atoms with Crippen molar-refractivity contribution < 1.29 is 4.74 Å². The van der Waals surface area contributed by atoms with Gasteiger partial charge in [-0.1, -0.05) is 0 Å². The molecule has 0 aromatic rings. The van der Waals surface area contributed by atoms with Gasteiger partial charge < -0.3 is 10.1 Å². The third-order valence-corrected chi connectivity index (χ3v) is 4.95. The molecule has 0 spiro atoms. The van der Waals surface area contributed by atoms with Crippen LogP contribution in [-0.2, 0) is 4.74 Å². The van der Waals surface area contributed by atoms with Crippen LogP contribution in [0.1, 0.15) is 45.4 Å². The van der Waals surface area contributed by atoms with E-state index in [2.05, 4.69) is 17.1 Å². The smallest absolute Gasteiger partial charge is 0.0702 e. The predicted octanol–water partition coefficient (Wildman–Crippen LogP) is 2.02. The van der Waals surface area contributed by atoms with E-state index in [0.29, 0.717) is 11.6 Å². The van der Waals surface area contributed by atoms with Gasteiger partial charge in [0.1, 0.15) is 0 Å². The second kappa shape index (κ2) is 5.48. The van der Waals surface area contributed by atoms with Gasteiger partial charge in [0, 0.05) is 25.2 Å². The molecular formula is C15H28N2O. The predicted molar refractivity (Wildman–Crippen MR) is 73.8 cm³/mol. The van der Waals surface area contributed by atoms with E-state index in [0.717, 1.165) is 19.1 Å². The van der Waals surface area contributed by atoms with Crippen molar-refractivity contribution in [3.05, 3.63) is 0 Å². The lowest BCUT2D eigenvalue weighted by molar-refractivity contribution is -0.00853. The van der Waals surface area contributed by atoms with Crippen molar-refractivity contribution in [2.45, 2.75) is 57.1 Å². The lowest BCUT2D eigenvalue weighted by Gasteiger charge is -2.36. The Kier molecular flexibility index (Phi) is 3.92. The molecule has 2 unspecified atom stereocenters. The largest absolute Gasteiger partial charge is 0.377 e. The van der Waals surface area contributed by atoms with Crippen molar-refractivity contribution in [1.82, 2.24) is 10.2 Å². The summed E-state index contributed by atoms with van der Waals surface area (Å²) in [6, 6.07) is 0. The number of nitrogens with zero attached hydrogens (tertiary/aromatic N) is 1. The van der Waals surface area contributed by atoms with Crippen LogP contribution in [0.5, 0.6) is 0 Å². The standard InChI is InChI=1S/C15H28N2O/c1-15(13-6-7-13)12-17(9-4-8-16-15)11-14-5-2-3-10-18-14/h13-14,16H,2-12H2,1H3. The van der Waals surface area contributed by atoms with Crippen LogP contribution < -0.4 is 5.32 Å². The van der Waals surface area contributed by atoms with Gasteiger partial charge >= 0.3 is 0 Å². The van der Waals surface area contributed by atoms with Crippen LogP contribution in [-0.4, -0.2) is 49.3 Å². The Hall–Kier alpha value is -0.120. The zero-order valence-corrected chi connectivity index (χ0v) is 11.8. The molecule has 0 bridgehead atoms. The Bertz CT molecular complexity index is 274. The second-order valence-electron chi connectivity index (χ2n) is 6.70. The van der Waals surface area contributed by atoms with E-state index in [-0.39, 0.29) is 0 Å². The topological polar surface area (TPSA) is 24.5 Å². The average molecular weight is 252 g/mol. The minimum Gasteiger partial charge on any atom is -0.377 e. The molecule has 1 aliphatic carbocycles. The quantitative estimate of drug-likeness (QED) is 0.831. The summed E-state index contributed by atoms with van der Waals surface area (Å²) in [7, 11) is 0. The molecule has 2 atom stereocenters. The summed E-state index contributed by atoms with van der Waals surface area (Å²) >= 11 is 0. The first kappa shape index (κ1) is 12.9. The Labute approximate surface area is 111 Å². The Balaban J connectivity index is 1.56. The molecule has 2 heterocycles. The summed E-state index contributed by atoms with van der Waals surface area (Å²) in [5.41, 5.74) is 0.366. The molecule has 0 amide bonds. The fraction of sp³-hybridized carbons (Fsp3) is 1.00. The van der Waals surface area contributed by atoms with Gasteiger partial charge in [0.05, 0.1) is 6.10 Å². The number of hydrogen-bond acceptors (Lipinski definition) is 3. The van der Waals surface area contributed by atoms with Crippen LogP contribution >= 0.6 is 0 Å². The maximum Gasteiger partial charge on any atom is 0.0702 e. The van der Waals surface area contributed by atoms with Gasteiger partial charge in [-0.3, -0.25) is 4.90 Å². The van der Waals surface area contributed by atoms with Crippen molar-refractivity contribution in [1.29, 1.82) is 0 Å². The zero-order valence-electron chi connectivity index (χ0n) is 11.8. The minimum absolute atomic E-state index is 0.366. The maximum atomic E-state index is 5.90. The van der Waals surface area contributed by atoms with E-state index in [4.69, 9.17) is 4.74 Å². The molecule has 1 N–H and O–H groups in total. The molecule has 3 rings (SSSR count). The number of hydrogen-bond donors (Lipinski definition) is 1. The molecule has 0 aromatic carbocycles. The van der Waals surface area contributed by atoms with Crippen molar-refractivity contribution in [3.8, 4) is 0 Å². The molecule has 3 nitrogen and oxygen atoms in total. The maximum absolute atomic E-state index is 5.90. The third-order valence-electron chi connectivity index (χ3n) is 4.95. The van der Waals surface area contributed by atoms with Crippen molar-refractivity contribution in [2.24, 2.45) is 5.92 Å². The van der Waals surface area contributed by atoms with E-state index in [9.17, 15) is 0 Å². The van der Waals surface area contributed by atoms with Crippen LogP contribution in [0.3, 0.4) is 0 Å². The Morgan fingerprint density at radius 3 is 2.83 bits per heavy atom. The van der Waals surface area contributed by atoms with E-state index >= 15 is 0 Å². The molecule has 2 saturated heterocycles. The Morgan fingerprint density at radius 1 is 1.22 bits per heavy atom. The second-order valence-corrected chi connectivity index (χ2v) is 6.70. The van der Waals surface area contributed by atoms with Crippen LogP contribution in [0.15, 0.2) is 0 Å². The Morgan fingerprint density at radius 2 is 2.11 bits per heavy atom. The number of rotatable bonds is 3. The molecule has 0 radical (unpaired) electrons. The van der Waals surface area contributed by atoms with E-state index < -0.39 is 0 Å². The van der Waals surface area contributed by atoms with E-state index in [1.54, 1.807) is 0 Å². The molecule has 3 heteroatoms. The summed E-state index contributed by atoms with van der Waals surface area (Å²) in [5.74, 6) is 0.922. The molecule has 3 aliphatic rings. The van der Waals surface area contributed by atoms with E-state index in [1.807, 2.05) is 0 Å². The van der Waals surface area contributed by atoms with Crippen molar-refractivity contribution in [2.75, 3.05) is 32.8 Å². The molecular weight excluding hydrogens is 224 g/mol. The first-order valence-corrected chi connectivity index (χ1v) is 7.85. The number of nitrogens with one attached hydrogen (secondary N) is 1. The lowest BCUT2D eigenvalue weighted by Crippen LogP contribution is -2.52. The summed E-state index contributed by atoms with van der Waals surface area (Å²) in [5, 5.41) is 3.80. The highest BCUT2D eigenvalue weighted by Crippen LogP contribution is 2.40. The van der Waals surface area contributed by atoms with Crippen LogP contribution in [0, 0.1) is 5.92 Å². The molecule has 1 saturated carbocycles.